The molecule has 3 rings (SSSR count). The molecule has 0 bridgehead atoms. The van der Waals surface area contributed by atoms with Crippen LogP contribution in [0.1, 0.15) is 56.4 Å². The van der Waals surface area contributed by atoms with Crippen molar-refractivity contribution in [3.63, 3.8) is 0 Å². The van der Waals surface area contributed by atoms with E-state index in [4.69, 9.17) is 4.98 Å². The van der Waals surface area contributed by atoms with E-state index in [0.717, 1.165) is 19.5 Å². The van der Waals surface area contributed by atoms with E-state index < -0.39 is 0 Å². The number of aryl methyl sites for hydroxylation is 1. The first-order chi connectivity index (χ1) is 8.07. The maximum absolute atomic E-state index is 4.74. The van der Waals surface area contributed by atoms with Crippen molar-refractivity contribution in [2.24, 2.45) is 5.41 Å². The summed E-state index contributed by atoms with van der Waals surface area (Å²) in [6, 6.07) is 0.694. The Balaban J connectivity index is 1.95. The lowest BCUT2D eigenvalue weighted by Gasteiger charge is -2.22. The van der Waals surface area contributed by atoms with Gasteiger partial charge in [0.25, 0.3) is 0 Å². The van der Waals surface area contributed by atoms with Gasteiger partial charge in [-0.25, -0.2) is 4.98 Å². The summed E-state index contributed by atoms with van der Waals surface area (Å²) in [7, 11) is 0. The second-order valence-electron chi connectivity index (χ2n) is 6.41. The zero-order valence-corrected chi connectivity index (χ0v) is 11.2. The fourth-order valence-electron chi connectivity index (χ4n) is 3.57. The molecule has 0 amide bonds. The molecule has 0 spiro atoms. The van der Waals surface area contributed by atoms with Crippen molar-refractivity contribution in [2.45, 2.75) is 59.0 Å². The van der Waals surface area contributed by atoms with Gasteiger partial charge in [-0.05, 0) is 31.6 Å². The molecule has 1 aliphatic heterocycles. The fraction of sp³-hybridized carbons (Fsp3) is 0.786. The van der Waals surface area contributed by atoms with E-state index in [2.05, 4.69) is 30.7 Å². The van der Waals surface area contributed by atoms with E-state index in [1.807, 2.05) is 0 Å². The van der Waals surface area contributed by atoms with Gasteiger partial charge in [-0.3, -0.25) is 0 Å². The summed E-state index contributed by atoms with van der Waals surface area (Å²) in [5.74, 6) is 1.22. The lowest BCUT2D eigenvalue weighted by Crippen LogP contribution is -2.26. The second-order valence-corrected chi connectivity index (χ2v) is 6.41. The highest BCUT2D eigenvalue weighted by atomic mass is 15.1. The van der Waals surface area contributed by atoms with Crippen LogP contribution in [0.25, 0.3) is 0 Å². The van der Waals surface area contributed by atoms with Crippen molar-refractivity contribution in [3.8, 4) is 0 Å². The van der Waals surface area contributed by atoms with E-state index in [0.29, 0.717) is 11.5 Å². The number of imidazole rings is 1. The molecule has 3 nitrogen and oxygen atoms in total. The fourth-order valence-corrected chi connectivity index (χ4v) is 3.57. The first-order valence-corrected chi connectivity index (χ1v) is 6.84. The zero-order chi connectivity index (χ0) is 12.0. The second kappa shape index (κ2) is 3.84. The molecule has 17 heavy (non-hydrogen) atoms. The Hall–Kier alpha value is -0.830. The minimum absolute atomic E-state index is 0.515. The van der Waals surface area contributed by atoms with Crippen molar-refractivity contribution in [1.82, 2.24) is 14.9 Å². The Morgan fingerprint density at radius 1 is 1.41 bits per heavy atom. The summed E-state index contributed by atoms with van der Waals surface area (Å²) in [5, 5.41) is 3.41. The molecule has 0 aromatic carbocycles. The van der Waals surface area contributed by atoms with Gasteiger partial charge in [-0.15, -0.1) is 0 Å². The first-order valence-electron chi connectivity index (χ1n) is 6.84. The minimum atomic E-state index is 0.515. The molecule has 1 unspecified atom stereocenters. The third-order valence-electron chi connectivity index (χ3n) is 4.41. The molecule has 1 aliphatic carbocycles. The van der Waals surface area contributed by atoms with Gasteiger partial charge in [0, 0.05) is 31.2 Å². The van der Waals surface area contributed by atoms with E-state index in [1.165, 1.54) is 36.5 Å². The van der Waals surface area contributed by atoms with Gasteiger partial charge in [0.15, 0.2) is 0 Å². The average Bonchev–Trinajstić information content (AvgIpc) is 2.77. The first kappa shape index (κ1) is 11.3. The Morgan fingerprint density at radius 2 is 2.24 bits per heavy atom. The number of aromatic nitrogens is 2. The van der Waals surface area contributed by atoms with Crippen molar-refractivity contribution < 1.29 is 0 Å². The Labute approximate surface area is 104 Å². The topological polar surface area (TPSA) is 29.9 Å². The molecule has 0 saturated heterocycles. The van der Waals surface area contributed by atoms with Crippen LogP contribution in [0.4, 0.5) is 0 Å². The molecule has 1 N–H and O–H groups in total. The molecule has 1 aromatic rings. The number of hydrogen-bond acceptors (Lipinski definition) is 2. The maximum Gasteiger partial charge on any atom is 0.106 e. The lowest BCUT2D eigenvalue weighted by atomic mass is 9.92. The van der Waals surface area contributed by atoms with Gasteiger partial charge < -0.3 is 9.88 Å². The van der Waals surface area contributed by atoms with Crippen LogP contribution >= 0.6 is 0 Å². The smallest absolute Gasteiger partial charge is 0.106 e. The predicted octanol–water partition coefficient (Wildman–Crippen LogP) is 2.59. The largest absolute Gasteiger partial charge is 0.329 e. The predicted molar refractivity (Wildman–Crippen MR) is 69.0 cm³/mol. The Bertz CT molecular complexity index is 431. The molecule has 2 aliphatic rings. The summed E-state index contributed by atoms with van der Waals surface area (Å²) < 4.78 is 2.55. The van der Waals surface area contributed by atoms with E-state index in [9.17, 15) is 0 Å². The maximum atomic E-state index is 4.74. The molecule has 1 saturated carbocycles. The number of rotatable bonds is 1. The molecule has 94 valence electrons. The van der Waals surface area contributed by atoms with Crippen LogP contribution in [0.5, 0.6) is 0 Å². The van der Waals surface area contributed by atoms with E-state index in [1.54, 1.807) is 0 Å². The number of nitrogens with zero attached hydrogens (tertiary/aromatic N) is 2. The average molecular weight is 233 g/mol. The highest BCUT2D eigenvalue weighted by molar-refractivity contribution is 5.21. The molecular weight excluding hydrogens is 210 g/mol. The van der Waals surface area contributed by atoms with E-state index >= 15 is 0 Å². The third kappa shape index (κ3) is 1.90. The molecule has 1 fully saturated rings. The molecule has 1 aromatic heterocycles. The van der Waals surface area contributed by atoms with Gasteiger partial charge in [0.1, 0.15) is 5.82 Å². The van der Waals surface area contributed by atoms with Crippen molar-refractivity contribution in [1.29, 1.82) is 0 Å². The minimum Gasteiger partial charge on any atom is -0.329 e. The van der Waals surface area contributed by atoms with Crippen molar-refractivity contribution >= 4 is 0 Å². The van der Waals surface area contributed by atoms with Crippen LogP contribution in [-0.2, 0) is 13.0 Å². The van der Waals surface area contributed by atoms with Gasteiger partial charge >= 0.3 is 0 Å². The normalized spacial score (nSPS) is 27.1. The molecule has 3 heteroatoms. The summed E-state index contributed by atoms with van der Waals surface area (Å²) >= 11 is 0. The quantitative estimate of drug-likeness (QED) is 0.808. The molecule has 1 atom stereocenters. The highest BCUT2D eigenvalue weighted by Crippen LogP contribution is 2.44. The number of hydrogen-bond donors (Lipinski definition) is 1. The SMILES string of the molecule is Cc1nc2c(n1C1CCC(C)(C)C1)CCNC2. The third-order valence-corrected chi connectivity index (χ3v) is 4.41. The number of fused-ring (bicyclic) bond motifs is 1. The van der Waals surface area contributed by atoms with Gasteiger partial charge in [0.2, 0.25) is 0 Å². The van der Waals surface area contributed by atoms with Crippen molar-refractivity contribution in [3.05, 3.63) is 17.2 Å². The zero-order valence-electron chi connectivity index (χ0n) is 11.2. The Kier molecular flexibility index (Phi) is 2.54. The van der Waals surface area contributed by atoms with Crippen LogP contribution in [-0.4, -0.2) is 16.1 Å². The Morgan fingerprint density at radius 3 is 2.94 bits per heavy atom. The highest BCUT2D eigenvalue weighted by Gasteiger charge is 2.34. The van der Waals surface area contributed by atoms with Crippen LogP contribution in [0.15, 0.2) is 0 Å². The van der Waals surface area contributed by atoms with Crippen LogP contribution in [0.2, 0.25) is 0 Å². The van der Waals surface area contributed by atoms with Gasteiger partial charge in [0.05, 0.1) is 5.69 Å². The van der Waals surface area contributed by atoms with Gasteiger partial charge in [-0.1, -0.05) is 13.8 Å². The van der Waals surface area contributed by atoms with Crippen molar-refractivity contribution in [2.75, 3.05) is 6.54 Å². The van der Waals surface area contributed by atoms with Crippen LogP contribution in [0.3, 0.4) is 0 Å². The van der Waals surface area contributed by atoms with E-state index in [-0.39, 0.29) is 0 Å². The summed E-state index contributed by atoms with van der Waals surface area (Å²) in [6.07, 6.45) is 5.13. The number of nitrogens with one attached hydrogen (secondary N) is 1. The molecule has 2 heterocycles. The van der Waals surface area contributed by atoms with Gasteiger partial charge in [-0.2, -0.15) is 0 Å². The molecule has 0 radical (unpaired) electrons. The lowest BCUT2D eigenvalue weighted by molar-refractivity contribution is 0.354. The monoisotopic (exact) mass is 233 g/mol. The summed E-state index contributed by atoms with van der Waals surface area (Å²) in [5.41, 5.74) is 3.31. The summed E-state index contributed by atoms with van der Waals surface area (Å²) in [6.45, 7) is 9.03. The molecular formula is C14H23N3. The standard InChI is InChI=1S/C14H23N3/c1-10-16-12-9-15-7-5-13(12)17(10)11-4-6-14(2,3)8-11/h11,15H,4-9H2,1-3H3. The van der Waals surface area contributed by atoms with Crippen LogP contribution < -0.4 is 5.32 Å². The summed E-state index contributed by atoms with van der Waals surface area (Å²) in [4.78, 5) is 4.74. The van der Waals surface area contributed by atoms with Crippen LogP contribution in [0, 0.1) is 12.3 Å².